The Hall–Kier alpha value is -2.87. The second kappa shape index (κ2) is 8.88. The van der Waals surface area contributed by atoms with Gasteiger partial charge in [-0.3, -0.25) is 0 Å². The number of morpholine rings is 1. The van der Waals surface area contributed by atoms with Crippen LogP contribution in [0.15, 0.2) is 42.7 Å². The van der Waals surface area contributed by atoms with Gasteiger partial charge in [0.15, 0.2) is 0 Å². The molecule has 148 valence electrons. The van der Waals surface area contributed by atoms with Gasteiger partial charge in [0.05, 0.1) is 13.2 Å². The third-order valence-electron chi connectivity index (χ3n) is 5.15. The van der Waals surface area contributed by atoms with E-state index in [1.165, 1.54) is 0 Å². The highest BCUT2D eigenvalue weighted by Gasteiger charge is 2.22. The smallest absolute Gasteiger partial charge is 0.317 e. The molecule has 1 N–H and O–H groups in total. The normalized spacial score (nSPS) is 17.5. The van der Waals surface area contributed by atoms with Gasteiger partial charge in [-0.15, -0.1) is 0 Å². The number of aromatic nitrogens is 2. The number of carbonyl (C=O) groups excluding carboxylic acids is 1. The summed E-state index contributed by atoms with van der Waals surface area (Å²) < 4.78 is 5.41. The maximum absolute atomic E-state index is 12.4. The Bertz CT molecular complexity index is 773. The number of anilines is 2. The van der Waals surface area contributed by atoms with E-state index < -0.39 is 0 Å². The zero-order valence-corrected chi connectivity index (χ0v) is 16.0. The molecule has 1 aromatic heterocycles. The van der Waals surface area contributed by atoms with E-state index in [9.17, 15) is 4.79 Å². The molecule has 1 aromatic carbocycles. The van der Waals surface area contributed by atoms with E-state index in [2.05, 4.69) is 25.1 Å². The largest absolute Gasteiger partial charge is 0.378 e. The molecule has 8 nitrogen and oxygen atoms in total. The minimum atomic E-state index is -0.0137. The minimum absolute atomic E-state index is 0.0137. The van der Waals surface area contributed by atoms with Crippen molar-refractivity contribution in [3.05, 3.63) is 48.3 Å². The molecule has 28 heavy (non-hydrogen) atoms. The topological polar surface area (TPSA) is 73.8 Å². The first-order valence-electron chi connectivity index (χ1n) is 9.76. The molecule has 2 fully saturated rings. The van der Waals surface area contributed by atoms with Gasteiger partial charge in [0.1, 0.15) is 18.0 Å². The summed E-state index contributed by atoms with van der Waals surface area (Å²) in [5.74, 6) is 1.86. The van der Waals surface area contributed by atoms with Crippen LogP contribution in [0.4, 0.5) is 16.4 Å². The quantitative estimate of drug-likeness (QED) is 0.860. The van der Waals surface area contributed by atoms with Crippen LogP contribution in [0.1, 0.15) is 5.56 Å². The number of ether oxygens (including phenoxy) is 1. The summed E-state index contributed by atoms with van der Waals surface area (Å²) >= 11 is 0. The molecular weight excluding hydrogens is 356 g/mol. The van der Waals surface area contributed by atoms with Gasteiger partial charge in [-0.05, 0) is 5.56 Å². The maximum atomic E-state index is 12.4. The van der Waals surface area contributed by atoms with Crippen LogP contribution in [-0.4, -0.2) is 73.4 Å². The lowest BCUT2D eigenvalue weighted by Crippen LogP contribution is -2.52. The molecule has 2 aromatic rings. The predicted octanol–water partition coefficient (Wildman–Crippen LogP) is 1.34. The number of benzene rings is 1. The molecule has 0 saturated carbocycles. The highest BCUT2D eigenvalue weighted by molar-refractivity contribution is 5.74. The van der Waals surface area contributed by atoms with E-state index >= 15 is 0 Å². The van der Waals surface area contributed by atoms with E-state index in [0.29, 0.717) is 19.6 Å². The Labute approximate surface area is 165 Å². The molecule has 2 saturated heterocycles. The van der Waals surface area contributed by atoms with Gasteiger partial charge in [-0.1, -0.05) is 30.3 Å². The summed E-state index contributed by atoms with van der Waals surface area (Å²) in [4.78, 5) is 27.6. The first-order chi connectivity index (χ1) is 13.8. The Morgan fingerprint density at radius 2 is 1.57 bits per heavy atom. The maximum Gasteiger partial charge on any atom is 0.317 e. The highest BCUT2D eigenvalue weighted by Crippen LogP contribution is 2.19. The van der Waals surface area contributed by atoms with Crippen LogP contribution in [0, 0.1) is 0 Å². The third kappa shape index (κ3) is 4.51. The number of piperazine rings is 1. The van der Waals surface area contributed by atoms with Crippen molar-refractivity contribution in [1.82, 2.24) is 20.2 Å². The fourth-order valence-corrected chi connectivity index (χ4v) is 3.50. The van der Waals surface area contributed by atoms with Crippen molar-refractivity contribution in [2.75, 3.05) is 62.3 Å². The Morgan fingerprint density at radius 1 is 0.929 bits per heavy atom. The lowest BCUT2D eigenvalue weighted by molar-refractivity contribution is 0.122. The van der Waals surface area contributed by atoms with Crippen LogP contribution < -0.4 is 15.1 Å². The van der Waals surface area contributed by atoms with Gasteiger partial charge in [0.2, 0.25) is 0 Å². The SMILES string of the molecule is O=C(NCc1ccccc1)N1CCN(c2cc(N3CCOCC3)ncn2)CC1. The van der Waals surface area contributed by atoms with Crippen molar-refractivity contribution in [3.8, 4) is 0 Å². The molecule has 2 amide bonds. The third-order valence-corrected chi connectivity index (χ3v) is 5.15. The van der Waals surface area contributed by atoms with Gasteiger partial charge in [-0.25, -0.2) is 14.8 Å². The molecule has 0 unspecified atom stereocenters. The van der Waals surface area contributed by atoms with Crippen molar-refractivity contribution in [1.29, 1.82) is 0 Å². The number of rotatable bonds is 4. The fourth-order valence-electron chi connectivity index (χ4n) is 3.50. The van der Waals surface area contributed by atoms with Gasteiger partial charge in [0, 0.05) is 51.9 Å². The van der Waals surface area contributed by atoms with Crippen LogP contribution in [0.3, 0.4) is 0 Å². The molecule has 2 aliphatic rings. The van der Waals surface area contributed by atoms with Gasteiger partial charge in [0.25, 0.3) is 0 Å². The van der Waals surface area contributed by atoms with Gasteiger partial charge in [-0.2, -0.15) is 0 Å². The minimum Gasteiger partial charge on any atom is -0.378 e. The van der Waals surface area contributed by atoms with Crippen molar-refractivity contribution >= 4 is 17.7 Å². The van der Waals surface area contributed by atoms with Crippen molar-refractivity contribution in [2.24, 2.45) is 0 Å². The van der Waals surface area contributed by atoms with E-state index in [-0.39, 0.29) is 6.03 Å². The molecule has 4 rings (SSSR count). The second-order valence-corrected chi connectivity index (χ2v) is 6.95. The molecule has 8 heteroatoms. The summed E-state index contributed by atoms with van der Waals surface area (Å²) in [7, 11) is 0. The lowest BCUT2D eigenvalue weighted by atomic mass is 10.2. The van der Waals surface area contributed by atoms with Crippen molar-refractivity contribution < 1.29 is 9.53 Å². The summed E-state index contributed by atoms with van der Waals surface area (Å²) in [5, 5.41) is 3.00. The van der Waals surface area contributed by atoms with Crippen LogP contribution in [0.2, 0.25) is 0 Å². The van der Waals surface area contributed by atoms with E-state index in [1.54, 1.807) is 6.33 Å². The molecule has 0 atom stereocenters. The van der Waals surface area contributed by atoms with Crippen LogP contribution in [0.5, 0.6) is 0 Å². The molecule has 0 radical (unpaired) electrons. The van der Waals surface area contributed by atoms with Crippen LogP contribution in [0.25, 0.3) is 0 Å². The fraction of sp³-hybridized carbons (Fsp3) is 0.450. The standard InChI is InChI=1S/C20H26N6O2/c27-20(21-15-17-4-2-1-3-5-17)26-8-6-24(7-9-26)18-14-19(23-16-22-18)25-10-12-28-13-11-25/h1-5,14,16H,6-13,15H2,(H,21,27). The number of amides is 2. The Morgan fingerprint density at radius 3 is 2.25 bits per heavy atom. The van der Waals surface area contributed by atoms with Crippen LogP contribution >= 0.6 is 0 Å². The Kier molecular flexibility index (Phi) is 5.86. The lowest BCUT2D eigenvalue weighted by Gasteiger charge is -2.36. The van der Waals surface area contributed by atoms with Crippen molar-refractivity contribution in [2.45, 2.75) is 6.54 Å². The molecule has 0 spiro atoms. The summed E-state index contributed by atoms with van der Waals surface area (Å²) in [6, 6.07) is 12.0. The van der Waals surface area contributed by atoms with Gasteiger partial charge < -0.3 is 24.8 Å². The van der Waals surface area contributed by atoms with Crippen LogP contribution in [-0.2, 0) is 11.3 Å². The van der Waals surface area contributed by atoms with E-state index in [0.717, 1.165) is 56.6 Å². The Balaban J connectivity index is 1.29. The zero-order valence-electron chi connectivity index (χ0n) is 16.0. The average Bonchev–Trinajstić information content (AvgIpc) is 2.79. The first-order valence-corrected chi connectivity index (χ1v) is 9.76. The number of hydrogen-bond acceptors (Lipinski definition) is 6. The number of nitrogens with zero attached hydrogens (tertiary/aromatic N) is 5. The zero-order chi connectivity index (χ0) is 19.2. The number of hydrogen-bond donors (Lipinski definition) is 1. The van der Waals surface area contributed by atoms with Gasteiger partial charge >= 0.3 is 6.03 Å². The molecule has 0 aliphatic carbocycles. The van der Waals surface area contributed by atoms with E-state index in [4.69, 9.17) is 4.74 Å². The molecule has 2 aliphatic heterocycles. The number of carbonyl (C=O) groups is 1. The summed E-state index contributed by atoms with van der Waals surface area (Å²) in [6.07, 6.45) is 1.62. The highest BCUT2D eigenvalue weighted by atomic mass is 16.5. The number of nitrogens with one attached hydrogen (secondary N) is 1. The summed E-state index contributed by atoms with van der Waals surface area (Å²) in [6.45, 7) is 6.60. The monoisotopic (exact) mass is 382 g/mol. The summed E-state index contributed by atoms with van der Waals surface area (Å²) in [5.41, 5.74) is 1.10. The average molecular weight is 382 g/mol. The number of urea groups is 1. The molecule has 0 bridgehead atoms. The second-order valence-electron chi connectivity index (χ2n) is 6.95. The molecule has 3 heterocycles. The first kappa shape index (κ1) is 18.5. The van der Waals surface area contributed by atoms with Crippen molar-refractivity contribution in [3.63, 3.8) is 0 Å². The van der Waals surface area contributed by atoms with E-state index in [1.807, 2.05) is 41.3 Å². The predicted molar refractivity (Wildman–Crippen MR) is 108 cm³/mol. The molecular formula is C20H26N6O2.